The molecule has 4 nitrogen and oxygen atoms in total. The summed E-state index contributed by atoms with van der Waals surface area (Å²) >= 11 is 0. The minimum atomic E-state index is 0.589. The quantitative estimate of drug-likeness (QED) is 0.442. The first-order chi connectivity index (χ1) is 6.40. The van der Waals surface area contributed by atoms with Crippen LogP contribution in [0.4, 0.5) is 0 Å². The van der Waals surface area contributed by atoms with Crippen LogP contribution in [0.5, 0.6) is 0 Å². The van der Waals surface area contributed by atoms with Crippen LogP contribution in [0.1, 0.15) is 0 Å². The second-order valence-electron chi connectivity index (χ2n) is 2.20. The van der Waals surface area contributed by atoms with Crippen LogP contribution in [-0.4, -0.2) is 15.2 Å². The predicted molar refractivity (Wildman–Crippen MR) is 50.6 cm³/mol. The molecule has 66 valence electrons. The molecular weight excluding hydrogens is 206 g/mol. The van der Waals surface area contributed by atoms with Gasteiger partial charge in [0.05, 0.1) is 16.8 Å². The molecule has 2 heterocycles. The Bertz CT molecular complexity index is 448. The van der Waals surface area contributed by atoms with E-state index in [0.717, 1.165) is 10.6 Å². The second kappa shape index (κ2) is 3.63. The first-order valence-electron chi connectivity index (χ1n) is 3.45. The third-order valence-electron chi connectivity index (χ3n) is 1.39. The van der Waals surface area contributed by atoms with Gasteiger partial charge in [-0.1, -0.05) is 25.8 Å². The van der Waals surface area contributed by atoms with Crippen molar-refractivity contribution in [3.63, 3.8) is 0 Å². The Morgan fingerprint density at radius 3 is 2.85 bits per heavy atom. The van der Waals surface area contributed by atoms with E-state index in [4.69, 9.17) is 5.21 Å². The van der Waals surface area contributed by atoms with E-state index in [9.17, 15) is 0 Å². The summed E-state index contributed by atoms with van der Waals surface area (Å²) in [5, 5.41) is 11.6. The zero-order valence-electron chi connectivity index (χ0n) is 6.41. The fourth-order valence-electron chi connectivity index (χ4n) is 0.836. The lowest BCUT2D eigenvalue weighted by molar-refractivity contribution is 0.304. The molecule has 0 bridgehead atoms. The van der Waals surface area contributed by atoms with Gasteiger partial charge in [0.15, 0.2) is 4.67 Å². The number of aromatic nitrogens is 2. The highest BCUT2D eigenvalue weighted by Crippen LogP contribution is 2.21. The summed E-state index contributed by atoms with van der Waals surface area (Å²) in [4.78, 5) is 9.04. The lowest BCUT2D eigenvalue weighted by Crippen LogP contribution is -1.88. The average Bonchev–Trinajstić information content (AvgIpc) is 2.67. The smallest absolute Gasteiger partial charge is 0.166 e. The molecule has 0 saturated carbocycles. The van der Waals surface area contributed by atoms with Crippen molar-refractivity contribution in [2.75, 3.05) is 0 Å². The van der Waals surface area contributed by atoms with Crippen molar-refractivity contribution >= 4 is 20.7 Å². The number of nitrogens with zero attached hydrogens (tertiary/aromatic N) is 3. The molecule has 2 aromatic heterocycles. The van der Waals surface area contributed by atoms with E-state index in [0.29, 0.717) is 4.67 Å². The fraction of sp³-hybridized carbons (Fsp3) is 0. The summed E-state index contributed by atoms with van der Waals surface area (Å²) in [7, 11) is 2.91. The monoisotopic (exact) mass is 211 g/mol. The van der Waals surface area contributed by atoms with Crippen molar-refractivity contribution in [3.05, 3.63) is 29.3 Å². The Hall–Kier alpha value is -1.27. The van der Waals surface area contributed by atoms with Crippen molar-refractivity contribution in [2.45, 2.75) is 0 Å². The van der Waals surface area contributed by atoms with Gasteiger partial charge in [0.25, 0.3) is 0 Å². The Morgan fingerprint density at radius 2 is 2.23 bits per heavy atom. The van der Waals surface area contributed by atoms with E-state index in [1.165, 1.54) is 20.7 Å². The third-order valence-corrected chi connectivity index (χ3v) is 3.65. The molecule has 2 rings (SSSR count). The maximum absolute atomic E-state index is 8.50. The second-order valence-corrected chi connectivity index (χ2v) is 4.40. The van der Waals surface area contributed by atoms with Gasteiger partial charge >= 0.3 is 0 Å². The standard InChI is InChI=1S/C7H5N3OS2/c11-10-7-3-6(12-13-7)5-4-8-1-2-9-5/h1-4,11H. The highest BCUT2D eigenvalue weighted by molar-refractivity contribution is 7.69. The zero-order valence-corrected chi connectivity index (χ0v) is 8.05. The van der Waals surface area contributed by atoms with Gasteiger partial charge in [-0.2, -0.15) is 0 Å². The van der Waals surface area contributed by atoms with Crippen LogP contribution >= 0.6 is 20.7 Å². The molecular formula is C7H5N3OS2. The average molecular weight is 211 g/mol. The SMILES string of the molecule is ON=c1cc(-c2cnccn2)ss1. The Balaban J connectivity index is 2.48. The van der Waals surface area contributed by atoms with E-state index in [-0.39, 0.29) is 0 Å². The summed E-state index contributed by atoms with van der Waals surface area (Å²) in [6, 6.07) is 1.78. The number of rotatable bonds is 1. The molecule has 0 saturated heterocycles. The van der Waals surface area contributed by atoms with E-state index in [1.54, 1.807) is 24.7 Å². The molecule has 0 spiro atoms. The summed E-state index contributed by atoms with van der Waals surface area (Å²) in [5.41, 5.74) is 0.804. The molecule has 0 fully saturated rings. The highest BCUT2D eigenvalue weighted by atomic mass is 32.9. The Labute approximate surface area is 81.2 Å². The van der Waals surface area contributed by atoms with Gasteiger partial charge in [0.1, 0.15) is 0 Å². The predicted octanol–water partition coefficient (Wildman–Crippen LogP) is 1.56. The minimum Gasteiger partial charge on any atom is -0.410 e. The molecule has 13 heavy (non-hydrogen) atoms. The largest absolute Gasteiger partial charge is 0.410 e. The Morgan fingerprint density at radius 1 is 1.31 bits per heavy atom. The molecule has 0 aliphatic heterocycles. The Kier molecular flexibility index (Phi) is 2.33. The zero-order chi connectivity index (χ0) is 9.10. The normalized spacial score (nSPS) is 11.8. The van der Waals surface area contributed by atoms with Gasteiger partial charge in [-0.3, -0.25) is 9.97 Å². The summed E-state index contributed by atoms with van der Waals surface area (Å²) in [6.07, 6.45) is 4.94. The van der Waals surface area contributed by atoms with Gasteiger partial charge in [-0.15, -0.1) is 0 Å². The molecule has 1 N–H and O–H groups in total. The highest BCUT2D eigenvalue weighted by Gasteiger charge is 2.01. The van der Waals surface area contributed by atoms with Gasteiger partial charge in [0.2, 0.25) is 0 Å². The summed E-state index contributed by atoms with van der Waals surface area (Å²) < 4.78 is 0.589. The maximum Gasteiger partial charge on any atom is 0.166 e. The van der Waals surface area contributed by atoms with Crippen LogP contribution in [0.25, 0.3) is 10.6 Å². The molecule has 0 amide bonds. The maximum atomic E-state index is 8.50. The van der Waals surface area contributed by atoms with E-state index < -0.39 is 0 Å². The van der Waals surface area contributed by atoms with Crippen molar-refractivity contribution in [1.29, 1.82) is 0 Å². The molecule has 0 aliphatic carbocycles. The van der Waals surface area contributed by atoms with Crippen LogP contribution in [-0.2, 0) is 0 Å². The summed E-state index contributed by atoms with van der Waals surface area (Å²) in [6.45, 7) is 0. The van der Waals surface area contributed by atoms with Gasteiger partial charge in [-0.25, -0.2) is 0 Å². The van der Waals surface area contributed by atoms with E-state index >= 15 is 0 Å². The van der Waals surface area contributed by atoms with Crippen LogP contribution < -0.4 is 4.67 Å². The van der Waals surface area contributed by atoms with Crippen LogP contribution in [0.2, 0.25) is 0 Å². The number of hydrogen-bond donors (Lipinski definition) is 1. The minimum absolute atomic E-state index is 0.589. The lowest BCUT2D eigenvalue weighted by atomic mass is 10.4. The third kappa shape index (κ3) is 1.73. The van der Waals surface area contributed by atoms with Gasteiger partial charge in [-0.05, 0) is 6.07 Å². The molecule has 0 radical (unpaired) electrons. The van der Waals surface area contributed by atoms with Crippen LogP contribution in [0.3, 0.4) is 0 Å². The van der Waals surface area contributed by atoms with Gasteiger partial charge < -0.3 is 5.21 Å². The molecule has 2 aromatic rings. The van der Waals surface area contributed by atoms with Crippen molar-refractivity contribution in [3.8, 4) is 10.6 Å². The molecule has 0 atom stereocenters. The van der Waals surface area contributed by atoms with Gasteiger partial charge in [0, 0.05) is 12.4 Å². The first-order valence-corrected chi connectivity index (χ1v) is 5.60. The summed E-state index contributed by atoms with van der Waals surface area (Å²) in [5.74, 6) is 0. The van der Waals surface area contributed by atoms with E-state index in [2.05, 4.69) is 15.1 Å². The van der Waals surface area contributed by atoms with Crippen LogP contribution in [0, 0.1) is 0 Å². The molecule has 0 aliphatic rings. The molecule has 0 aromatic carbocycles. The number of hydrogen-bond acceptors (Lipinski definition) is 6. The molecule has 0 unspecified atom stereocenters. The topological polar surface area (TPSA) is 58.4 Å². The molecule has 6 heteroatoms. The first kappa shape index (κ1) is 8.33. The van der Waals surface area contributed by atoms with Crippen LogP contribution in [0.15, 0.2) is 29.8 Å². The van der Waals surface area contributed by atoms with E-state index in [1.807, 2.05) is 0 Å². The van der Waals surface area contributed by atoms with Crippen molar-refractivity contribution in [2.24, 2.45) is 5.16 Å². The van der Waals surface area contributed by atoms with Crippen molar-refractivity contribution < 1.29 is 5.21 Å². The van der Waals surface area contributed by atoms with Crippen molar-refractivity contribution in [1.82, 2.24) is 9.97 Å². The fourth-order valence-corrected chi connectivity index (χ4v) is 2.81. The lowest BCUT2D eigenvalue weighted by Gasteiger charge is -1.90.